The Hall–Kier alpha value is -3.52. The maximum absolute atomic E-state index is 12.4. The van der Waals surface area contributed by atoms with E-state index in [4.69, 9.17) is 21.4 Å². The van der Waals surface area contributed by atoms with Gasteiger partial charge < -0.3 is 15.2 Å². The number of hydrogen-bond acceptors (Lipinski definition) is 4. The number of carbonyl (C=O) groups excluding carboxylic acids is 1. The number of ether oxygens (including phenoxy) is 1. The van der Waals surface area contributed by atoms with Gasteiger partial charge in [0.1, 0.15) is 5.75 Å². The summed E-state index contributed by atoms with van der Waals surface area (Å²) < 4.78 is 7.09. The first-order valence-electron chi connectivity index (χ1n) is 8.89. The third-order valence-corrected chi connectivity index (χ3v) is 4.82. The number of carbonyl (C=O) groups is 2. The van der Waals surface area contributed by atoms with Gasteiger partial charge in [-0.2, -0.15) is 0 Å². The molecule has 148 valence electrons. The molecule has 0 fully saturated rings. The van der Waals surface area contributed by atoms with Crippen molar-refractivity contribution in [2.45, 2.75) is 12.5 Å². The van der Waals surface area contributed by atoms with Crippen LogP contribution in [0.2, 0.25) is 5.02 Å². The number of aromatic carboxylic acids is 1. The van der Waals surface area contributed by atoms with Crippen LogP contribution in [-0.2, 0) is 0 Å². The second-order valence-corrected chi connectivity index (χ2v) is 6.85. The van der Waals surface area contributed by atoms with Crippen LogP contribution in [0.5, 0.6) is 5.75 Å². The van der Waals surface area contributed by atoms with Crippen molar-refractivity contribution in [2.24, 2.45) is 0 Å². The molecule has 2 heterocycles. The Morgan fingerprint density at radius 2 is 2.03 bits per heavy atom. The van der Waals surface area contributed by atoms with Gasteiger partial charge in [0.25, 0.3) is 0 Å². The van der Waals surface area contributed by atoms with E-state index in [1.807, 2.05) is 12.1 Å². The molecule has 29 heavy (non-hydrogen) atoms. The summed E-state index contributed by atoms with van der Waals surface area (Å²) in [6.07, 6.45) is 2.26. The molecular weight excluding hydrogens is 396 g/mol. The van der Waals surface area contributed by atoms with Gasteiger partial charge in [-0.1, -0.05) is 29.8 Å². The molecule has 1 aliphatic heterocycles. The minimum absolute atomic E-state index is 0.155. The van der Waals surface area contributed by atoms with Crippen LogP contribution in [0.15, 0.2) is 54.7 Å². The van der Waals surface area contributed by atoms with Crippen LogP contribution >= 0.6 is 11.6 Å². The predicted octanol–water partition coefficient (Wildman–Crippen LogP) is 3.87. The molecular formula is C20H17ClN4O4. The van der Waals surface area contributed by atoms with Gasteiger partial charge in [-0.25, -0.2) is 14.3 Å². The summed E-state index contributed by atoms with van der Waals surface area (Å²) in [6, 6.07) is 12.8. The maximum atomic E-state index is 12.4. The van der Waals surface area contributed by atoms with E-state index in [9.17, 15) is 9.59 Å². The molecule has 1 aromatic heterocycles. The van der Waals surface area contributed by atoms with Gasteiger partial charge in [0.2, 0.25) is 0 Å². The van der Waals surface area contributed by atoms with Crippen molar-refractivity contribution in [3.63, 3.8) is 0 Å². The Morgan fingerprint density at radius 3 is 2.86 bits per heavy atom. The molecule has 3 aromatic rings. The smallest absolute Gasteiger partial charge is 0.335 e. The molecule has 0 unspecified atom stereocenters. The van der Waals surface area contributed by atoms with E-state index in [1.54, 1.807) is 30.5 Å². The number of para-hydroxylation sites is 1. The molecule has 3 N–H and O–H groups in total. The van der Waals surface area contributed by atoms with Crippen LogP contribution in [0.4, 0.5) is 10.6 Å². The summed E-state index contributed by atoms with van der Waals surface area (Å²) in [7, 11) is 0. The summed E-state index contributed by atoms with van der Waals surface area (Å²) in [6.45, 7) is 0.455. The Bertz CT molecular complexity index is 1080. The number of nitrogens with zero attached hydrogens (tertiary/aromatic N) is 2. The van der Waals surface area contributed by atoms with Crippen LogP contribution in [0.25, 0.3) is 5.69 Å². The quantitative estimate of drug-likeness (QED) is 0.603. The van der Waals surface area contributed by atoms with E-state index in [-0.39, 0.29) is 11.6 Å². The number of urea groups is 1. The first kappa shape index (κ1) is 18.8. The fraction of sp³-hybridized carbons (Fsp3) is 0.150. The highest BCUT2D eigenvalue weighted by Crippen LogP contribution is 2.37. The topological polar surface area (TPSA) is 105 Å². The molecule has 1 atom stereocenters. The van der Waals surface area contributed by atoms with Gasteiger partial charge in [0.05, 0.1) is 28.9 Å². The van der Waals surface area contributed by atoms with E-state index < -0.39 is 12.0 Å². The van der Waals surface area contributed by atoms with Crippen molar-refractivity contribution in [2.75, 3.05) is 11.9 Å². The van der Waals surface area contributed by atoms with Crippen LogP contribution in [0, 0.1) is 0 Å². The molecule has 1 aliphatic rings. The van der Waals surface area contributed by atoms with E-state index in [2.05, 4.69) is 15.7 Å². The molecule has 0 bridgehead atoms. The van der Waals surface area contributed by atoms with Crippen LogP contribution in [0.3, 0.4) is 0 Å². The van der Waals surface area contributed by atoms with Crippen LogP contribution in [-0.4, -0.2) is 33.5 Å². The van der Waals surface area contributed by atoms with Gasteiger partial charge in [-0.3, -0.25) is 5.32 Å². The SMILES string of the molecule is O=C(Nc1ccn(-c2cccc(C(=O)O)c2)n1)N[C@H]1CCOc2c(Cl)cccc21. The van der Waals surface area contributed by atoms with Crippen LogP contribution in [0.1, 0.15) is 28.4 Å². The van der Waals surface area contributed by atoms with Crippen molar-refractivity contribution in [3.8, 4) is 11.4 Å². The first-order chi connectivity index (χ1) is 14.0. The van der Waals surface area contributed by atoms with E-state index in [0.29, 0.717) is 35.3 Å². The number of anilines is 1. The van der Waals surface area contributed by atoms with Crippen molar-refractivity contribution >= 4 is 29.4 Å². The number of benzene rings is 2. The Labute approximate surface area is 171 Å². The average Bonchev–Trinajstić information content (AvgIpc) is 3.17. The summed E-state index contributed by atoms with van der Waals surface area (Å²) in [5.41, 5.74) is 1.56. The van der Waals surface area contributed by atoms with E-state index in [0.717, 1.165) is 5.56 Å². The number of rotatable bonds is 4. The minimum Gasteiger partial charge on any atom is -0.492 e. The predicted molar refractivity (Wildman–Crippen MR) is 107 cm³/mol. The van der Waals surface area contributed by atoms with Gasteiger partial charge in [0.15, 0.2) is 5.82 Å². The molecule has 0 spiro atoms. The third kappa shape index (κ3) is 4.02. The third-order valence-electron chi connectivity index (χ3n) is 4.52. The molecule has 0 aliphatic carbocycles. The summed E-state index contributed by atoms with van der Waals surface area (Å²) in [4.78, 5) is 23.6. The molecule has 8 nitrogen and oxygen atoms in total. The highest BCUT2D eigenvalue weighted by molar-refractivity contribution is 6.32. The monoisotopic (exact) mass is 412 g/mol. The lowest BCUT2D eigenvalue weighted by Crippen LogP contribution is -2.35. The Morgan fingerprint density at radius 1 is 1.21 bits per heavy atom. The van der Waals surface area contributed by atoms with Gasteiger partial charge in [0, 0.05) is 24.2 Å². The van der Waals surface area contributed by atoms with Gasteiger partial charge >= 0.3 is 12.0 Å². The van der Waals surface area contributed by atoms with Gasteiger partial charge in [-0.15, -0.1) is 5.10 Å². The molecule has 2 aromatic carbocycles. The Balaban J connectivity index is 1.45. The largest absolute Gasteiger partial charge is 0.492 e. The number of carboxylic acid groups (broad SMARTS) is 1. The number of fused-ring (bicyclic) bond motifs is 1. The Kier molecular flexibility index (Phi) is 5.09. The second-order valence-electron chi connectivity index (χ2n) is 6.45. The van der Waals surface area contributed by atoms with Crippen molar-refractivity contribution in [1.29, 1.82) is 0 Å². The highest BCUT2D eigenvalue weighted by Gasteiger charge is 2.24. The summed E-state index contributed by atoms with van der Waals surface area (Å²) in [5.74, 6) is -0.0940. The maximum Gasteiger partial charge on any atom is 0.335 e. The lowest BCUT2D eigenvalue weighted by atomic mass is 10.0. The lowest BCUT2D eigenvalue weighted by Gasteiger charge is -2.27. The highest BCUT2D eigenvalue weighted by atomic mass is 35.5. The lowest BCUT2D eigenvalue weighted by molar-refractivity contribution is 0.0697. The standard InChI is InChI=1S/C20H17ClN4O4/c21-15-6-2-5-14-16(8-10-29-18(14)15)22-20(28)23-17-7-9-25(24-17)13-4-1-3-12(11-13)19(26)27/h1-7,9,11,16H,8,10H2,(H,26,27)(H2,22,23,24,28)/t16-/m0/s1. The normalized spacial score (nSPS) is 15.1. The van der Waals surface area contributed by atoms with Gasteiger partial charge in [-0.05, 0) is 24.3 Å². The first-order valence-corrected chi connectivity index (χ1v) is 9.27. The average molecular weight is 413 g/mol. The number of hydrogen-bond donors (Lipinski definition) is 3. The van der Waals surface area contributed by atoms with Crippen molar-refractivity contribution in [3.05, 3.63) is 70.9 Å². The van der Waals surface area contributed by atoms with Crippen LogP contribution < -0.4 is 15.4 Å². The zero-order valence-electron chi connectivity index (χ0n) is 15.1. The van der Waals surface area contributed by atoms with Crippen molar-refractivity contribution in [1.82, 2.24) is 15.1 Å². The number of nitrogens with one attached hydrogen (secondary N) is 2. The molecule has 0 saturated heterocycles. The van der Waals surface area contributed by atoms with Crippen molar-refractivity contribution < 1.29 is 19.4 Å². The number of aromatic nitrogens is 2. The molecule has 0 saturated carbocycles. The molecule has 9 heteroatoms. The molecule has 2 amide bonds. The number of carboxylic acids is 1. The minimum atomic E-state index is -1.02. The molecule has 0 radical (unpaired) electrons. The zero-order valence-corrected chi connectivity index (χ0v) is 15.9. The molecule has 4 rings (SSSR count). The zero-order chi connectivity index (χ0) is 20.4. The number of halogens is 1. The van der Waals surface area contributed by atoms with E-state index >= 15 is 0 Å². The number of amides is 2. The summed E-state index contributed by atoms with van der Waals surface area (Å²) in [5, 5.41) is 19.5. The fourth-order valence-corrected chi connectivity index (χ4v) is 3.40. The van der Waals surface area contributed by atoms with E-state index in [1.165, 1.54) is 16.8 Å². The fourth-order valence-electron chi connectivity index (χ4n) is 3.16. The second kappa shape index (κ2) is 7.84. The summed E-state index contributed by atoms with van der Waals surface area (Å²) >= 11 is 6.16.